The molecule has 240 valence electrons. The number of carbonyl (C=O) groups excluding carboxylic acids is 2. The highest BCUT2D eigenvalue weighted by Crippen LogP contribution is 2.38. The van der Waals surface area contributed by atoms with Crippen LogP contribution in [0.3, 0.4) is 0 Å². The topological polar surface area (TPSA) is 112 Å². The van der Waals surface area contributed by atoms with Crippen LogP contribution in [0.15, 0.2) is 40.7 Å². The Morgan fingerprint density at radius 1 is 1.09 bits per heavy atom. The van der Waals surface area contributed by atoms with Gasteiger partial charge in [0.15, 0.2) is 10.5 Å². The van der Waals surface area contributed by atoms with Crippen molar-refractivity contribution in [2.45, 2.75) is 86.2 Å². The van der Waals surface area contributed by atoms with Crippen LogP contribution < -0.4 is 15.2 Å². The van der Waals surface area contributed by atoms with Crippen LogP contribution in [0.4, 0.5) is 5.69 Å². The number of benzene rings is 1. The maximum atomic E-state index is 13.0. The number of nitrogens with zero attached hydrogens (tertiary/aromatic N) is 3. The minimum absolute atomic E-state index is 0.100. The molecule has 44 heavy (non-hydrogen) atoms. The Labute approximate surface area is 264 Å². The summed E-state index contributed by atoms with van der Waals surface area (Å²) in [6.07, 6.45) is 5.78. The van der Waals surface area contributed by atoms with Gasteiger partial charge in [-0.05, 0) is 84.1 Å². The molecule has 1 aliphatic rings. The minimum Gasteiger partial charge on any atom is -0.494 e. The van der Waals surface area contributed by atoms with Gasteiger partial charge >= 0.3 is 11.9 Å². The summed E-state index contributed by atoms with van der Waals surface area (Å²) in [5, 5.41) is 10.8. The van der Waals surface area contributed by atoms with Crippen LogP contribution in [0.1, 0.15) is 78.7 Å². The summed E-state index contributed by atoms with van der Waals surface area (Å²) >= 11 is 5.38. The molecular formula is C33H45N3O7S. The Hall–Kier alpha value is -3.82. The fraction of sp³-hybridized carbons (Fsp3) is 0.545. The average molecular weight is 628 g/mol. The largest absolute Gasteiger partial charge is 0.494 e. The lowest BCUT2D eigenvalue weighted by Crippen LogP contribution is -2.31. The SMILES string of the molecule is CCC(CC(C)(C)C(=O)OC)C(=O)OCCCCCCN1C(=C=Cc2c(O)n(CC)c(=S)n(CC)c2=O)Oc2ccccc21. The predicted octanol–water partition coefficient (Wildman–Crippen LogP) is 6.20. The molecule has 10 nitrogen and oxygen atoms in total. The fourth-order valence-corrected chi connectivity index (χ4v) is 5.71. The van der Waals surface area contributed by atoms with Crippen molar-refractivity contribution in [2.24, 2.45) is 11.3 Å². The highest BCUT2D eigenvalue weighted by atomic mass is 32.1. The van der Waals surface area contributed by atoms with Crippen molar-refractivity contribution in [1.82, 2.24) is 9.13 Å². The first kappa shape index (κ1) is 34.7. The van der Waals surface area contributed by atoms with Crippen LogP contribution >= 0.6 is 12.2 Å². The Morgan fingerprint density at radius 2 is 1.77 bits per heavy atom. The van der Waals surface area contributed by atoms with E-state index in [-0.39, 0.29) is 39.6 Å². The second-order valence-electron chi connectivity index (χ2n) is 11.4. The number of hydrogen-bond donors (Lipinski definition) is 1. The van der Waals surface area contributed by atoms with E-state index in [1.54, 1.807) is 13.8 Å². The smallest absolute Gasteiger partial charge is 0.311 e. The van der Waals surface area contributed by atoms with E-state index in [9.17, 15) is 19.5 Å². The van der Waals surface area contributed by atoms with Gasteiger partial charge in [0, 0.05) is 25.7 Å². The summed E-state index contributed by atoms with van der Waals surface area (Å²) in [6, 6.07) is 7.67. The number of fused-ring (bicyclic) bond motifs is 1. The van der Waals surface area contributed by atoms with Gasteiger partial charge in [-0.15, -0.1) is 0 Å². The molecule has 0 amide bonds. The van der Waals surface area contributed by atoms with Crippen molar-refractivity contribution in [3.8, 4) is 11.6 Å². The minimum atomic E-state index is -0.753. The molecule has 0 spiro atoms. The Morgan fingerprint density at radius 3 is 2.43 bits per heavy atom. The molecule has 1 N–H and O–H groups in total. The highest BCUT2D eigenvalue weighted by molar-refractivity contribution is 7.71. The van der Waals surface area contributed by atoms with E-state index in [2.05, 4.69) is 5.73 Å². The first-order valence-electron chi connectivity index (χ1n) is 15.3. The average Bonchev–Trinajstić information content (AvgIpc) is 3.36. The van der Waals surface area contributed by atoms with Crippen molar-refractivity contribution in [3.05, 3.63) is 56.6 Å². The molecule has 0 fully saturated rings. The molecule has 0 radical (unpaired) electrons. The molecule has 1 atom stereocenters. The van der Waals surface area contributed by atoms with Gasteiger partial charge in [-0.3, -0.25) is 23.5 Å². The molecule has 2 aromatic rings. The van der Waals surface area contributed by atoms with Crippen LogP contribution in [0.5, 0.6) is 11.6 Å². The van der Waals surface area contributed by atoms with E-state index in [1.165, 1.54) is 22.3 Å². The van der Waals surface area contributed by atoms with Gasteiger partial charge in [0.1, 0.15) is 5.56 Å². The zero-order valence-corrected chi connectivity index (χ0v) is 27.5. The zero-order chi connectivity index (χ0) is 32.4. The number of esters is 2. The van der Waals surface area contributed by atoms with Crippen LogP contribution in [0.25, 0.3) is 6.08 Å². The number of carbonyl (C=O) groups is 2. The molecule has 0 saturated carbocycles. The van der Waals surface area contributed by atoms with E-state index in [0.717, 1.165) is 31.4 Å². The second kappa shape index (κ2) is 15.8. The van der Waals surface area contributed by atoms with Gasteiger partial charge < -0.3 is 24.2 Å². The van der Waals surface area contributed by atoms with Crippen LogP contribution in [0.2, 0.25) is 0 Å². The van der Waals surface area contributed by atoms with Gasteiger partial charge in [0.2, 0.25) is 11.8 Å². The number of anilines is 1. The number of aromatic nitrogens is 2. The molecule has 0 aliphatic carbocycles. The summed E-state index contributed by atoms with van der Waals surface area (Å²) in [5.41, 5.74) is 2.97. The number of unbranched alkanes of at least 4 members (excludes halogenated alkanes) is 3. The van der Waals surface area contributed by atoms with E-state index < -0.39 is 5.41 Å². The zero-order valence-electron chi connectivity index (χ0n) is 26.7. The molecule has 0 bridgehead atoms. The number of methoxy groups -OCH3 is 1. The molecule has 0 saturated heterocycles. The van der Waals surface area contributed by atoms with Gasteiger partial charge in [0.25, 0.3) is 5.56 Å². The number of aromatic hydroxyl groups is 1. The van der Waals surface area contributed by atoms with Crippen LogP contribution in [0, 0.1) is 16.1 Å². The summed E-state index contributed by atoms with van der Waals surface area (Å²) in [7, 11) is 1.35. The van der Waals surface area contributed by atoms with Gasteiger partial charge in [0.05, 0.1) is 30.7 Å². The standard InChI is InChI=1S/C33H45N3O7S/c1-7-23(22-33(4,5)31(40)41-6)30(39)42-21-15-11-10-14-20-36-25-16-12-13-17-26(25)43-27(36)19-18-24-28(37)34(8-2)32(44)35(9-3)29(24)38/h12-13,16-18,23,37H,7-11,14-15,20-22H2,1-6H3. The van der Waals surface area contributed by atoms with Crippen molar-refractivity contribution in [2.75, 3.05) is 25.2 Å². The number of hydrogen-bond acceptors (Lipinski definition) is 9. The molecule has 1 unspecified atom stereocenters. The van der Waals surface area contributed by atoms with E-state index in [4.69, 9.17) is 26.4 Å². The number of ether oxygens (including phenoxy) is 3. The quantitative estimate of drug-likeness (QED) is 0.107. The first-order chi connectivity index (χ1) is 21.0. The van der Waals surface area contributed by atoms with Gasteiger partial charge in [-0.2, -0.15) is 0 Å². The summed E-state index contributed by atoms with van der Waals surface area (Å²) in [5.74, 6) is -0.0347. The van der Waals surface area contributed by atoms with Crippen molar-refractivity contribution in [3.63, 3.8) is 0 Å². The summed E-state index contributed by atoms with van der Waals surface area (Å²) in [4.78, 5) is 39.7. The normalized spacial score (nSPS) is 13.1. The van der Waals surface area contributed by atoms with E-state index in [0.29, 0.717) is 50.7 Å². The fourth-order valence-electron chi connectivity index (χ4n) is 5.28. The molecular weight excluding hydrogens is 582 g/mol. The van der Waals surface area contributed by atoms with Crippen LogP contribution in [-0.4, -0.2) is 46.4 Å². The van der Waals surface area contributed by atoms with Gasteiger partial charge in [-0.25, -0.2) is 0 Å². The first-order valence-corrected chi connectivity index (χ1v) is 15.7. The third-order valence-electron chi connectivity index (χ3n) is 7.86. The van der Waals surface area contributed by atoms with Crippen LogP contribution in [-0.2, 0) is 32.2 Å². The maximum absolute atomic E-state index is 13.0. The monoisotopic (exact) mass is 627 g/mol. The van der Waals surface area contributed by atoms with E-state index >= 15 is 0 Å². The van der Waals surface area contributed by atoms with Gasteiger partial charge in [-0.1, -0.05) is 31.2 Å². The molecule has 2 heterocycles. The number of rotatable bonds is 15. The lowest BCUT2D eigenvalue weighted by Gasteiger charge is -2.25. The lowest BCUT2D eigenvalue weighted by atomic mass is 9.81. The molecule has 3 rings (SSSR count). The Kier molecular flexibility index (Phi) is 12.4. The lowest BCUT2D eigenvalue weighted by molar-refractivity contribution is -0.155. The highest BCUT2D eigenvalue weighted by Gasteiger charge is 2.34. The Balaban J connectivity index is 1.62. The molecule has 11 heteroatoms. The third-order valence-corrected chi connectivity index (χ3v) is 8.30. The summed E-state index contributed by atoms with van der Waals surface area (Å²) in [6.45, 7) is 10.9. The van der Waals surface area contributed by atoms with Crippen molar-refractivity contribution < 1.29 is 28.9 Å². The van der Waals surface area contributed by atoms with Crippen molar-refractivity contribution in [1.29, 1.82) is 0 Å². The molecule has 1 aromatic carbocycles. The maximum Gasteiger partial charge on any atom is 0.311 e. The predicted molar refractivity (Wildman–Crippen MR) is 172 cm³/mol. The third kappa shape index (κ3) is 8.01. The second-order valence-corrected chi connectivity index (χ2v) is 11.8. The summed E-state index contributed by atoms with van der Waals surface area (Å²) < 4.78 is 19.7. The molecule has 1 aromatic heterocycles. The van der Waals surface area contributed by atoms with E-state index in [1.807, 2.05) is 49.9 Å². The van der Waals surface area contributed by atoms with Crippen molar-refractivity contribution >= 4 is 35.9 Å². The number of para-hydroxylation sites is 2. The molecule has 1 aliphatic heterocycles. The Bertz CT molecular complexity index is 1520.